The summed E-state index contributed by atoms with van der Waals surface area (Å²) >= 11 is 0. The Hall–Kier alpha value is -2.28. The second-order valence-corrected chi connectivity index (χ2v) is 10.2. The first kappa shape index (κ1) is 24.8. The lowest BCUT2D eigenvalue weighted by Gasteiger charge is -2.47. The molecule has 13 heteroatoms. The van der Waals surface area contributed by atoms with Crippen LogP contribution in [0.1, 0.15) is 49.7 Å². The van der Waals surface area contributed by atoms with Crippen molar-refractivity contribution < 1.29 is 43.7 Å². The van der Waals surface area contributed by atoms with Gasteiger partial charge >= 0.3 is 21.8 Å². The number of hydrogen-bond acceptors (Lipinski definition) is 5. The van der Waals surface area contributed by atoms with Crippen molar-refractivity contribution >= 4 is 21.7 Å². The Morgan fingerprint density at radius 3 is 2.29 bits per heavy atom. The molecule has 4 rings (SSSR count). The van der Waals surface area contributed by atoms with Gasteiger partial charge in [-0.2, -0.15) is 34.8 Å². The Bertz CT molecular complexity index is 1110. The van der Waals surface area contributed by atoms with E-state index in [1.54, 1.807) is 4.90 Å². The van der Waals surface area contributed by atoms with Crippen LogP contribution in [0, 0.1) is 5.92 Å². The Morgan fingerprint density at radius 1 is 1.06 bits per heavy atom. The minimum Gasteiger partial charge on any atom is -0.381 e. The van der Waals surface area contributed by atoms with Crippen molar-refractivity contribution in [2.24, 2.45) is 5.92 Å². The first-order chi connectivity index (χ1) is 15.8. The molecule has 1 N–H and O–H groups in total. The summed E-state index contributed by atoms with van der Waals surface area (Å²) in [6.07, 6.45) is -0.134. The topological polar surface area (TPSA) is 75.7 Å². The number of rotatable bonds is 4. The molecule has 3 aliphatic rings. The fraction of sp³-hybridized carbons (Fsp3) is 0.571. The summed E-state index contributed by atoms with van der Waals surface area (Å²) in [5.74, 6) is -1.36. The van der Waals surface area contributed by atoms with Crippen LogP contribution in [0.3, 0.4) is 0 Å². The van der Waals surface area contributed by atoms with E-state index < -0.39 is 44.6 Å². The number of carbonyl (C=O) groups is 1. The van der Waals surface area contributed by atoms with Crippen molar-refractivity contribution in [1.82, 2.24) is 4.90 Å². The maximum absolute atomic E-state index is 13.7. The number of carbonyl (C=O) groups excluding carboxylic acids is 1. The predicted octanol–water partition coefficient (Wildman–Crippen LogP) is 4.89. The third kappa shape index (κ3) is 4.06. The Morgan fingerprint density at radius 2 is 1.74 bits per heavy atom. The Labute approximate surface area is 192 Å². The number of fused-ring (bicyclic) bond motifs is 1. The maximum atomic E-state index is 13.7. The third-order valence-corrected chi connectivity index (χ3v) is 7.73. The zero-order valence-corrected chi connectivity index (χ0v) is 18.6. The lowest BCUT2D eigenvalue weighted by Crippen LogP contribution is -2.57. The summed E-state index contributed by atoms with van der Waals surface area (Å²) in [6, 6.07) is 3.60. The van der Waals surface area contributed by atoms with E-state index in [1.165, 1.54) is 12.1 Å². The monoisotopic (exact) mass is 512 g/mol. The smallest absolute Gasteiger partial charge is 0.381 e. The second kappa shape index (κ2) is 8.43. The van der Waals surface area contributed by atoms with Crippen LogP contribution in [-0.4, -0.2) is 37.8 Å². The molecule has 188 valence electrons. The Kier molecular flexibility index (Phi) is 6.16. The highest BCUT2D eigenvalue weighted by molar-refractivity contribution is 7.87. The lowest BCUT2D eigenvalue weighted by molar-refractivity contribution is -0.137. The number of alkyl halides is 6. The standard InChI is InChI=1S/C21H22F6N2O4S/c22-20(23,24)16-8-4-7-15-17(16)28-18(30)19(15,13-5-2-1-3-6-13)29-11-9-14(10-12-29)33-34(31,32)21(25,26)27/h4,7-9,13H,1-3,5-6,10-12H2,(H,28,30). The fourth-order valence-electron chi connectivity index (χ4n) is 5.30. The number of benzene rings is 1. The van der Waals surface area contributed by atoms with Crippen molar-refractivity contribution in [1.29, 1.82) is 0 Å². The molecule has 34 heavy (non-hydrogen) atoms. The van der Waals surface area contributed by atoms with Gasteiger partial charge in [0.25, 0.3) is 0 Å². The molecule has 1 atom stereocenters. The van der Waals surface area contributed by atoms with Gasteiger partial charge in [0.2, 0.25) is 5.91 Å². The highest BCUT2D eigenvalue weighted by Crippen LogP contribution is 2.53. The van der Waals surface area contributed by atoms with Gasteiger partial charge in [0.05, 0.1) is 11.3 Å². The number of halogens is 6. The summed E-state index contributed by atoms with van der Waals surface area (Å²) < 4.78 is 106. The molecule has 1 fully saturated rings. The number of amides is 1. The number of anilines is 1. The molecule has 2 heterocycles. The molecule has 0 aromatic heterocycles. The highest BCUT2D eigenvalue weighted by Gasteiger charge is 2.58. The van der Waals surface area contributed by atoms with Gasteiger partial charge in [-0.1, -0.05) is 31.4 Å². The molecule has 1 aromatic rings. The van der Waals surface area contributed by atoms with E-state index in [-0.39, 0.29) is 36.7 Å². The number of para-hydroxylation sites is 1. The van der Waals surface area contributed by atoms with Gasteiger partial charge in [-0.3, -0.25) is 9.69 Å². The van der Waals surface area contributed by atoms with Crippen LogP contribution in [0.25, 0.3) is 0 Å². The van der Waals surface area contributed by atoms with Gasteiger partial charge in [-0.15, -0.1) is 0 Å². The van der Waals surface area contributed by atoms with Crippen molar-refractivity contribution in [3.63, 3.8) is 0 Å². The SMILES string of the molecule is O=C1Nc2c(C(F)(F)F)cccc2C1(C1CCCCC1)N1CC=C(OS(=O)(=O)C(F)(F)F)CC1. The molecule has 0 bridgehead atoms. The number of nitrogens with one attached hydrogen (secondary N) is 1. The van der Waals surface area contributed by atoms with Crippen LogP contribution >= 0.6 is 0 Å². The summed E-state index contributed by atoms with van der Waals surface area (Å²) in [7, 11) is -5.84. The zero-order valence-electron chi connectivity index (χ0n) is 17.8. The van der Waals surface area contributed by atoms with E-state index in [0.29, 0.717) is 12.8 Å². The second-order valence-electron chi connectivity index (χ2n) is 8.63. The highest BCUT2D eigenvalue weighted by atomic mass is 32.2. The summed E-state index contributed by atoms with van der Waals surface area (Å²) in [4.78, 5) is 15.1. The normalized spacial score (nSPS) is 25.0. The van der Waals surface area contributed by atoms with Gasteiger partial charge in [-0.05, 0) is 30.9 Å². The molecule has 0 spiro atoms. The minimum absolute atomic E-state index is 0.0706. The molecule has 1 amide bonds. The van der Waals surface area contributed by atoms with Crippen LogP contribution in [0.15, 0.2) is 30.0 Å². The van der Waals surface area contributed by atoms with Gasteiger partial charge in [-0.25, -0.2) is 0 Å². The molecule has 0 saturated heterocycles. The number of nitrogens with zero attached hydrogens (tertiary/aromatic N) is 1. The molecule has 6 nitrogen and oxygen atoms in total. The predicted molar refractivity (Wildman–Crippen MR) is 109 cm³/mol. The van der Waals surface area contributed by atoms with Crippen LogP contribution in [0.5, 0.6) is 0 Å². The van der Waals surface area contributed by atoms with Crippen molar-refractivity contribution in [3.8, 4) is 0 Å². The third-order valence-electron chi connectivity index (χ3n) is 6.73. The molecule has 0 radical (unpaired) electrons. The molecule has 1 aromatic carbocycles. The van der Waals surface area contributed by atoms with E-state index in [2.05, 4.69) is 9.50 Å². The van der Waals surface area contributed by atoms with E-state index in [9.17, 15) is 39.6 Å². The molecular weight excluding hydrogens is 490 g/mol. The molecule has 1 unspecified atom stereocenters. The van der Waals surface area contributed by atoms with Gasteiger partial charge in [0.1, 0.15) is 11.3 Å². The van der Waals surface area contributed by atoms with Crippen LogP contribution in [0.4, 0.5) is 32.0 Å². The zero-order chi connectivity index (χ0) is 24.9. The average Bonchev–Trinajstić information content (AvgIpc) is 3.05. The summed E-state index contributed by atoms with van der Waals surface area (Å²) in [5.41, 5.74) is -8.14. The van der Waals surface area contributed by atoms with Crippen LogP contribution in [0.2, 0.25) is 0 Å². The first-order valence-corrected chi connectivity index (χ1v) is 12.2. The van der Waals surface area contributed by atoms with E-state index in [0.717, 1.165) is 31.4 Å². The van der Waals surface area contributed by atoms with Crippen molar-refractivity contribution in [2.75, 3.05) is 18.4 Å². The molecular formula is C21H22F6N2O4S. The van der Waals surface area contributed by atoms with Crippen molar-refractivity contribution in [2.45, 2.75) is 55.7 Å². The van der Waals surface area contributed by atoms with Gasteiger partial charge < -0.3 is 9.50 Å². The molecule has 1 aliphatic carbocycles. The average molecular weight is 512 g/mol. The molecule has 2 aliphatic heterocycles. The van der Waals surface area contributed by atoms with Gasteiger partial charge in [0.15, 0.2) is 0 Å². The van der Waals surface area contributed by atoms with Crippen molar-refractivity contribution in [3.05, 3.63) is 41.2 Å². The maximum Gasteiger partial charge on any atom is 0.534 e. The summed E-state index contributed by atoms with van der Waals surface area (Å²) in [6.45, 7) is -0.235. The van der Waals surface area contributed by atoms with Crippen LogP contribution in [-0.2, 0) is 30.8 Å². The minimum atomic E-state index is -5.84. The van der Waals surface area contributed by atoms with Crippen LogP contribution < -0.4 is 5.32 Å². The van der Waals surface area contributed by atoms with E-state index >= 15 is 0 Å². The number of hydrogen-bond donors (Lipinski definition) is 1. The quantitative estimate of drug-likeness (QED) is 0.353. The van der Waals surface area contributed by atoms with E-state index in [1.807, 2.05) is 0 Å². The summed E-state index contributed by atoms with van der Waals surface area (Å²) in [5, 5.41) is 2.43. The Balaban J connectivity index is 1.75. The van der Waals surface area contributed by atoms with Gasteiger partial charge in [0, 0.05) is 25.1 Å². The largest absolute Gasteiger partial charge is 0.534 e. The van der Waals surface area contributed by atoms with E-state index in [4.69, 9.17) is 0 Å². The lowest BCUT2D eigenvalue weighted by atomic mass is 9.70. The molecule has 1 saturated carbocycles. The fourth-order valence-corrected chi connectivity index (χ4v) is 5.83. The first-order valence-electron chi connectivity index (χ1n) is 10.8.